The lowest BCUT2D eigenvalue weighted by Gasteiger charge is -2.08. The first-order valence-electron chi connectivity index (χ1n) is 9.94. The Morgan fingerprint density at radius 1 is 1.10 bits per heavy atom. The molecule has 0 saturated heterocycles. The molecule has 1 amide bonds. The van der Waals surface area contributed by atoms with Crippen molar-refractivity contribution in [2.45, 2.75) is 33.9 Å². The molecule has 0 saturated carbocycles. The van der Waals surface area contributed by atoms with Crippen molar-refractivity contribution in [3.63, 3.8) is 0 Å². The summed E-state index contributed by atoms with van der Waals surface area (Å²) < 4.78 is 8.95. The van der Waals surface area contributed by atoms with Crippen LogP contribution in [0.25, 0.3) is 22.2 Å². The highest BCUT2D eigenvalue weighted by Gasteiger charge is 2.14. The maximum atomic E-state index is 12.4. The highest BCUT2D eigenvalue weighted by molar-refractivity contribution is 5.85. The van der Waals surface area contributed by atoms with Crippen LogP contribution in [0.15, 0.2) is 48.7 Å². The second-order valence-corrected chi connectivity index (χ2v) is 7.45. The second kappa shape index (κ2) is 8.02. The van der Waals surface area contributed by atoms with Gasteiger partial charge in [0.1, 0.15) is 12.4 Å². The lowest BCUT2D eigenvalue weighted by atomic mass is 10.0. The Balaban J connectivity index is 1.46. The van der Waals surface area contributed by atoms with Gasteiger partial charge in [0.25, 0.3) is 0 Å². The van der Waals surface area contributed by atoms with Gasteiger partial charge in [-0.15, -0.1) is 0 Å². The van der Waals surface area contributed by atoms with E-state index in [1.54, 1.807) is 9.36 Å². The van der Waals surface area contributed by atoms with E-state index in [1.807, 2.05) is 44.4 Å². The summed E-state index contributed by atoms with van der Waals surface area (Å²) in [4.78, 5) is 12.4. The van der Waals surface area contributed by atoms with E-state index in [1.165, 1.54) is 5.56 Å². The Labute approximate surface area is 175 Å². The molecule has 0 bridgehead atoms. The van der Waals surface area contributed by atoms with Gasteiger partial charge in [0.05, 0.1) is 11.2 Å². The molecule has 154 valence electrons. The molecule has 2 aromatic heterocycles. The third-order valence-electron chi connectivity index (χ3n) is 5.02. The first-order valence-corrected chi connectivity index (χ1v) is 9.94. The van der Waals surface area contributed by atoms with Crippen LogP contribution in [-0.2, 0) is 24.9 Å². The van der Waals surface area contributed by atoms with E-state index in [2.05, 4.69) is 47.6 Å². The minimum Gasteiger partial charge on any atom is -0.444 e. The van der Waals surface area contributed by atoms with Crippen molar-refractivity contribution < 1.29 is 9.53 Å². The molecule has 4 rings (SSSR count). The van der Waals surface area contributed by atoms with E-state index in [-0.39, 0.29) is 6.61 Å². The quantitative estimate of drug-likeness (QED) is 0.518. The van der Waals surface area contributed by atoms with Gasteiger partial charge in [-0.2, -0.15) is 10.2 Å². The molecule has 0 atom stereocenters. The fourth-order valence-electron chi connectivity index (χ4n) is 3.57. The van der Waals surface area contributed by atoms with Crippen LogP contribution in [0.4, 0.5) is 10.6 Å². The molecule has 0 unspecified atom stereocenters. The average molecular weight is 403 g/mol. The number of aromatic nitrogens is 4. The number of nitrogens with one attached hydrogen (secondary N) is 1. The van der Waals surface area contributed by atoms with Gasteiger partial charge < -0.3 is 4.74 Å². The number of benzene rings is 2. The van der Waals surface area contributed by atoms with Crippen LogP contribution in [0.2, 0.25) is 0 Å². The number of nitrogens with zero attached hydrogens (tertiary/aromatic N) is 4. The molecule has 0 fully saturated rings. The van der Waals surface area contributed by atoms with Gasteiger partial charge in [0.15, 0.2) is 0 Å². The van der Waals surface area contributed by atoms with E-state index in [9.17, 15) is 4.79 Å². The van der Waals surface area contributed by atoms with Crippen molar-refractivity contribution in [3.05, 3.63) is 65.4 Å². The number of rotatable bonds is 5. The zero-order valence-electron chi connectivity index (χ0n) is 17.6. The van der Waals surface area contributed by atoms with Crippen molar-refractivity contribution in [1.82, 2.24) is 19.6 Å². The summed E-state index contributed by atoms with van der Waals surface area (Å²) in [6.45, 7) is 6.93. The summed E-state index contributed by atoms with van der Waals surface area (Å²) in [5.74, 6) is 0.611. The highest BCUT2D eigenvalue weighted by atomic mass is 16.5. The molecule has 4 aromatic rings. The number of carbonyl (C=O) groups is 1. The minimum absolute atomic E-state index is 0.181. The second-order valence-electron chi connectivity index (χ2n) is 7.45. The van der Waals surface area contributed by atoms with E-state index in [0.717, 1.165) is 33.3 Å². The van der Waals surface area contributed by atoms with Gasteiger partial charge in [-0.05, 0) is 44.0 Å². The number of ether oxygens (including phenoxy) is 1. The SMILES string of the molecule is CCn1nc(-c2ccc(C)cc2C)cc1NC(=O)OCc1ccc2nn(C)cc2c1. The molecule has 0 aliphatic carbocycles. The molecule has 0 spiro atoms. The first kappa shape index (κ1) is 19.7. The van der Waals surface area contributed by atoms with Gasteiger partial charge in [-0.1, -0.05) is 29.8 Å². The van der Waals surface area contributed by atoms with Crippen molar-refractivity contribution in [3.8, 4) is 11.3 Å². The predicted octanol–water partition coefficient (Wildman–Crippen LogP) is 4.82. The molecule has 2 heterocycles. The zero-order chi connectivity index (χ0) is 21.3. The largest absolute Gasteiger partial charge is 0.444 e. The van der Waals surface area contributed by atoms with Crippen LogP contribution >= 0.6 is 0 Å². The number of fused-ring (bicyclic) bond motifs is 1. The average Bonchev–Trinajstić information content (AvgIpc) is 3.27. The number of hydrogen-bond donors (Lipinski definition) is 1. The summed E-state index contributed by atoms with van der Waals surface area (Å²) in [6.07, 6.45) is 1.43. The maximum absolute atomic E-state index is 12.4. The van der Waals surface area contributed by atoms with Gasteiger partial charge in [-0.25, -0.2) is 9.48 Å². The van der Waals surface area contributed by atoms with E-state index < -0.39 is 6.09 Å². The fraction of sp³-hybridized carbons (Fsp3) is 0.261. The molecular weight excluding hydrogens is 378 g/mol. The molecule has 0 aliphatic rings. The zero-order valence-corrected chi connectivity index (χ0v) is 17.6. The van der Waals surface area contributed by atoms with Gasteiger partial charge >= 0.3 is 6.09 Å². The molecular formula is C23H25N5O2. The normalized spacial score (nSPS) is 11.1. The number of anilines is 1. The molecule has 0 radical (unpaired) electrons. The summed E-state index contributed by atoms with van der Waals surface area (Å²) in [5.41, 5.74) is 6.05. The Morgan fingerprint density at radius 2 is 1.93 bits per heavy atom. The van der Waals surface area contributed by atoms with Crippen molar-refractivity contribution >= 4 is 22.8 Å². The number of hydrogen-bond acceptors (Lipinski definition) is 4. The fourth-order valence-corrected chi connectivity index (χ4v) is 3.57. The Hall–Kier alpha value is -3.61. The molecule has 1 N–H and O–H groups in total. The lowest BCUT2D eigenvalue weighted by molar-refractivity contribution is 0.155. The molecule has 7 heteroatoms. The minimum atomic E-state index is -0.511. The Morgan fingerprint density at radius 3 is 2.70 bits per heavy atom. The van der Waals surface area contributed by atoms with Crippen molar-refractivity contribution in [2.75, 3.05) is 5.32 Å². The highest BCUT2D eigenvalue weighted by Crippen LogP contribution is 2.26. The smallest absolute Gasteiger partial charge is 0.413 e. The van der Waals surface area contributed by atoms with E-state index >= 15 is 0 Å². The van der Waals surface area contributed by atoms with Crippen LogP contribution in [0.3, 0.4) is 0 Å². The maximum Gasteiger partial charge on any atom is 0.413 e. The van der Waals surface area contributed by atoms with Crippen LogP contribution in [-0.4, -0.2) is 25.7 Å². The van der Waals surface area contributed by atoms with Gasteiger partial charge in [0.2, 0.25) is 0 Å². The standard InChI is InChI=1S/C23H25N5O2/c1-5-28-22(12-21(26-28)19-8-6-15(2)10-16(19)3)24-23(29)30-14-17-7-9-20-18(11-17)13-27(4)25-20/h6-13H,5,14H2,1-4H3,(H,24,29). The summed E-state index contributed by atoms with van der Waals surface area (Å²) >= 11 is 0. The third-order valence-corrected chi connectivity index (χ3v) is 5.02. The number of carbonyl (C=O) groups excluding carboxylic acids is 1. The first-order chi connectivity index (χ1) is 14.4. The Kier molecular flexibility index (Phi) is 5.27. The van der Waals surface area contributed by atoms with Gasteiger partial charge in [-0.3, -0.25) is 10.00 Å². The van der Waals surface area contributed by atoms with Crippen molar-refractivity contribution in [2.24, 2.45) is 7.05 Å². The summed E-state index contributed by atoms with van der Waals surface area (Å²) in [5, 5.41) is 12.8. The topological polar surface area (TPSA) is 74.0 Å². The number of amides is 1. The van der Waals surface area contributed by atoms with Crippen LogP contribution in [0, 0.1) is 13.8 Å². The number of aryl methyl sites for hydroxylation is 4. The summed E-state index contributed by atoms with van der Waals surface area (Å²) in [6, 6.07) is 13.9. The molecule has 2 aromatic carbocycles. The molecule has 30 heavy (non-hydrogen) atoms. The van der Waals surface area contributed by atoms with Crippen LogP contribution in [0.5, 0.6) is 0 Å². The van der Waals surface area contributed by atoms with E-state index in [4.69, 9.17) is 4.74 Å². The van der Waals surface area contributed by atoms with Gasteiger partial charge in [0, 0.05) is 36.8 Å². The van der Waals surface area contributed by atoms with E-state index in [0.29, 0.717) is 12.4 Å². The summed E-state index contributed by atoms with van der Waals surface area (Å²) in [7, 11) is 1.88. The monoisotopic (exact) mass is 403 g/mol. The molecule has 7 nitrogen and oxygen atoms in total. The van der Waals surface area contributed by atoms with Crippen LogP contribution in [0.1, 0.15) is 23.6 Å². The lowest BCUT2D eigenvalue weighted by Crippen LogP contribution is -2.16. The Bertz CT molecular complexity index is 1220. The third kappa shape index (κ3) is 4.05. The predicted molar refractivity (Wildman–Crippen MR) is 117 cm³/mol. The molecule has 0 aliphatic heterocycles. The van der Waals surface area contributed by atoms with Crippen LogP contribution < -0.4 is 5.32 Å². The van der Waals surface area contributed by atoms with Crippen molar-refractivity contribution in [1.29, 1.82) is 0 Å².